The highest BCUT2D eigenvalue weighted by Crippen LogP contribution is 2.33. The highest BCUT2D eigenvalue weighted by atomic mass is 32.1. The molecule has 2 aliphatic carbocycles. The number of hydrogen-bond acceptors (Lipinski definition) is 11. The number of nitrogens with zero attached hydrogens (tertiary/aromatic N) is 3. The lowest BCUT2D eigenvalue weighted by Crippen LogP contribution is -2.51. The van der Waals surface area contributed by atoms with Crippen LogP contribution in [0, 0.1) is 5.92 Å². The molecule has 13 heteroatoms. The molecule has 1 unspecified atom stereocenters. The van der Waals surface area contributed by atoms with Crippen LogP contribution in [0.2, 0.25) is 0 Å². The van der Waals surface area contributed by atoms with Crippen molar-refractivity contribution in [1.82, 2.24) is 25.6 Å². The number of benzene rings is 1. The summed E-state index contributed by atoms with van der Waals surface area (Å²) in [5, 5.41) is 9.79. The molecule has 12 nitrogen and oxygen atoms in total. The second-order valence-electron chi connectivity index (χ2n) is 12.8. The first-order chi connectivity index (χ1) is 21.4. The van der Waals surface area contributed by atoms with Crippen LogP contribution in [0.5, 0.6) is 0 Å². The van der Waals surface area contributed by atoms with Gasteiger partial charge in [-0.25, -0.2) is 19.7 Å². The fourth-order valence-corrected chi connectivity index (χ4v) is 6.44. The zero-order chi connectivity index (χ0) is 32.1. The van der Waals surface area contributed by atoms with Gasteiger partial charge in [-0.3, -0.25) is 9.59 Å². The Labute approximate surface area is 267 Å². The van der Waals surface area contributed by atoms with Crippen molar-refractivity contribution in [3.05, 3.63) is 36.4 Å². The van der Waals surface area contributed by atoms with Crippen molar-refractivity contribution in [3.8, 4) is 11.1 Å². The number of thiazole rings is 1. The van der Waals surface area contributed by atoms with Crippen molar-refractivity contribution in [3.63, 3.8) is 0 Å². The second kappa shape index (κ2) is 14.2. The molecule has 3 atom stereocenters. The van der Waals surface area contributed by atoms with E-state index in [1.54, 1.807) is 12.4 Å². The van der Waals surface area contributed by atoms with Crippen LogP contribution in [0.1, 0.15) is 72.5 Å². The lowest BCUT2D eigenvalue weighted by Gasteiger charge is -2.36. The van der Waals surface area contributed by atoms with Gasteiger partial charge in [-0.1, -0.05) is 17.4 Å². The first-order valence-electron chi connectivity index (χ1n) is 15.5. The Morgan fingerprint density at radius 3 is 2.51 bits per heavy atom. The van der Waals surface area contributed by atoms with Gasteiger partial charge in [0.05, 0.1) is 16.3 Å². The van der Waals surface area contributed by atoms with Crippen LogP contribution in [-0.4, -0.2) is 69.4 Å². The summed E-state index contributed by atoms with van der Waals surface area (Å²) in [6, 6.07) is 6.19. The van der Waals surface area contributed by atoms with Crippen LogP contribution in [0.4, 0.5) is 9.93 Å². The Morgan fingerprint density at radius 1 is 1.07 bits per heavy atom. The summed E-state index contributed by atoms with van der Waals surface area (Å²) < 4.78 is 17.5. The van der Waals surface area contributed by atoms with Gasteiger partial charge >= 0.3 is 12.1 Å². The minimum atomic E-state index is -0.534. The number of carbonyl (C=O) groups excluding carboxylic acids is 3. The molecule has 1 aromatic carbocycles. The van der Waals surface area contributed by atoms with Crippen LogP contribution in [0.15, 0.2) is 30.6 Å². The number of hydrogen-bond donors (Lipinski definition) is 3. The molecule has 0 radical (unpaired) electrons. The van der Waals surface area contributed by atoms with E-state index < -0.39 is 11.7 Å². The minimum absolute atomic E-state index is 0.0325. The molecule has 242 valence electrons. The van der Waals surface area contributed by atoms with Gasteiger partial charge in [0.25, 0.3) is 0 Å². The van der Waals surface area contributed by atoms with E-state index in [0.717, 1.165) is 53.4 Å². The van der Waals surface area contributed by atoms with E-state index in [1.165, 1.54) is 18.3 Å². The molecular formula is C32H42N6O6S. The second-order valence-corrected chi connectivity index (χ2v) is 13.9. The third-order valence-corrected chi connectivity index (χ3v) is 8.71. The highest BCUT2D eigenvalue weighted by Gasteiger charge is 2.35. The predicted octanol–water partition coefficient (Wildman–Crippen LogP) is 4.97. The van der Waals surface area contributed by atoms with Gasteiger partial charge in [0, 0.05) is 49.4 Å². The van der Waals surface area contributed by atoms with Gasteiger partial charge in [-0.15, -0.1) is 0 Å². The van der Waals surface area contributed by atoms with Crippen molar-refractivity contribution < 1.29 is 28.6 Å². The molecule has 0 bridgehead atoms. The van der Waals surface area contributed by atoms with Crippen molar-refractivity contribution in [2.75, 3.05) is 11.9 Å². The predicted molar refractivity (Wildman–Crippen MR) is 171 cm³/mol. The Balaban J connectivity index is 1.07. The third-order valence-electron chi connectivity index (χ3n) is 7.77. The average molecular weight is 639 g/mol. The molecule has 3 aromatic rings. The van der Waals surface area contributed by atoms with Crippen LogP contribution in [0.25, 0.3) is 21.3 Å². The maximum Gasteiger partial charge on any atom is 0.407 e. The first-order valence-corrected chi connectivity index (χ1v) is 16.3. The van der Waals surface area contributed by atoms with Crippen molar-refractivity contribution in [1.29, 1.82) is 0 Å². The molecule has 2 fully saturated rings. The minimum Gasteiger partial charge on any atom is -0.460 e. The lowest BCUT2D eigenvalue weighted by molar-refractivity contribution is -0.153. The number of rotatable bonds is 11. The van der Waals surface area contributed by atoms with Crippen LogP contribution in [0.3, 0.4) is 0 Å². The van der Waals surface area contributed by atoms with Crippen LogP contribution in [-0.2, 0) is 30.4 Å². The smallest absolute Gasteiger partial charge is 0.407 e. The maximum absolute atomic E-state index is 12.9. The zero-order valence-corrected chi connectivity index (χ0v) is 27.2. The van der Waals surface area contributed by atoms with E-state index in [1.807, 2.05) is 45.9 Å². The number of nitrogens with one attached hydrogen (secondary N) is 3. The normalized spacial score (nSPS) is 22.0. The Hall–Kier alpha value is -3.68. The summed E-state index contributed by atoms with van der Waals surface area (Å²) in [5.41, 5.74) is 2.09. The molecule has 2 heterocycles. The summed E-state index contributed by atoms with van der Waals surface area (Å²) in [7, 11) is 0. The van der Waals surface area contributed by atoms with E-state index in [4.69, 9.17) is 14.2 Å². The van der Waals surface area contributed by atoms with Gasteiger partial charge < -0.3 is 30.2 Å². The number of esters is 1. The number of aromatic nitrogens is 3. The summed E-state index contributed by atoms with van der Waals surface area (Å²) in [6.07, 6.45) is 6.84. The number of fused-ring (bicyclic) bond motifs is 1. The van der Waals surface area contributed by atoms with Gasteiger partial charge in [0.2, 0.25) is 5.91 Å². The monoisotopic (exact) mass is 638 g/mol. The van der Waals surface area contributed by atoms with E-state index in [0.29, 0.717) is 17.5 Å². The van der Waals surface area contributed by atoms with E-state index in [2.05, 4.69) is 30.9 Å². The summed E-state index contributed by atoms with van der Waals surface area (Å²) >= 11 is 1.43. The van der Waals surface area contributed by atoms with Gasteiger partial charge in [-0.2, -0.15) is 0 Å². The fourth-order valence-electron chi connectivity index (χ4n) is 5.54. The summed E-state index contributed by atoms with van der Waals surface area (Å²) in [6.45, 7) is 9.59. The summed E-state index contributed by atoms with van der Waals surface area (Å²) in [5.74, 6) is 0.158. The van der Waals surface area contributed by atoms with Gasteiger partial charge in [0.1, 0.15) is 18.3 Å². The zero-order valence-electron chi connectivity index (χ0n) is 26.4. The third kappa shape index (κ3) is 9.18. The number of ether oxygens (including phenoxy) is 3. The molecule has 3 N–H and O–H groups in total. The molecule has 45 heavy (non-hydrogen) atoms. The summed E-state index contributed by atoms with van der Waals surface area (Å²) in [4.78, 5) is 49.6. The quantitative estimate of drug-likeness (QED) is 0.245. The van der Waals surface area contributed by atoms with Crippen LogP contribution >= 0.6 is 11.3 Å². The van der Waals surface area contributed by atoms with Crippen molar-refractivity contribution in [2.45, 2.75) is 103 Å². The van der Waals surface area contributed by atoms with E-state index >= 15 is 0 Å². The van der Waals surface area contributed by atoms with E-state index in [9.17, 15) is 14.4 Å². The molecule has 2 amide bonds. The molecule has 0 aliphatic heterocycles. The molecule has 2 saturated carbocycles. The number of alkyl carbamates (subject to hydrolysis) is 1. The molecule has 2 aliphatic rings. The molecule has 5 rings (SSSR count). The van der Waals surface area contributed by atoms with E-state index in [-0.39, 0.29) is 48.7 Å². The van der Waals surface area contributed by atoms with Gasteiger partial charge in [-0.05, 0) is 77.5 Å². The van der Waals surface area contributed by atoms with Crippen molar-refractivity contribution >= 4 is 44.7 Å². The molecular weight excluding hydrogens is 596 g/mol. The molecule has 0 spiro atoms. The lowest BCUT2D eigenvalue weighted by atomic mass is 9.79. The fraction of sp³-hybridized carbons (Fsp3) is 0.562. The van der Waals surface area contributed by atoms with Crippen LogP contribution < -0.4 is 16.0 Å². The number of anilines is 1. The maximum atomic E-state index is 12.9. The standard InChI is InChI=1S/C32H42N6O6S/c1-18(14-35-31(41)44-32(3,4)5)36-23-11-21(12-23)29(40)38-30-37-24-10-9-20(13-27(24)45-30)22-15-33-28(34-16-22)17-42-25-7-6-8-26(25)43-19(2)39/h9-10,13,15-16,18,21,23,25-26,36H,6-8,11-12,14,17H2,1-5H3,(H,35,41)(H,37,38,40)/t18-,21?,23?,25?,26-/m0/s1. The Bertz CT molecular complexity index is 1500. The molecule has 0 saturated heterocycles. The number of amides is 2. The van der Waals surface area contributed by atoms with Gasteiger partial charge in [0.15, 0.2) is 11.0 Å². The Kier molecular flexibility index (Phi) is 10.3. The Morgan fingerprint density at radius 2 is 1.80 bits per heavy atom. The largest absolute Gasteiger partial charge is 0.460 e. The average Bonchev–Trinajstić information content (AvgIpc) is 3.56. The molecule has 2 aromatic heterocycles. The highest BCUT2D eigenvalue weighted by molar-refractivity contribution is 7.22. The first kappa shape index (κ1) is 32.7. The SMILES string of the molecule is CC(=O)O[C@H]1CCCC1OCc1ncc(-c2ccc3nc(NC(=O)C4CC(N[C@@H](C)CNC(=O)OC(C)(C)C)C4)sc3c2)cn1. The topological polar surface area (TPSA) is 154 Å². The number of carbonyl (C=O) groups is 3. The van der Waals surface area contributed by atoms with Crippen molar-refractivity contribution in [2.24, 2.45) is 5.92 Å².